The molecule has 0 radical (unpaired) electrons. The lowest BCUT2D eigenvalue weighted by molar-refractivity contribution is 0.0951. The van der Waals surface area contributed by atoms with Crippen LogP contribution < -0.4 is 5.32 Å². The summed E-state index contributed by atoms with van der Waals surface area (Å²) in [5, 5.41) is 6.45. The lowest BCUT2D eigenvalue weighted by Crippen LogP contribution is -2.22. The van der Waals surface area contributed by atoms with E-state index in [2.05, 4.69) is 10.3 Å². The van der Waals surface area contributed by atoms with E-state index < -0.39 is 0 Å². The van der Waals surface area contributed by atoms with Gasteiger partial charge in [-0.2, -0.15) is 0 Å². The zero-order valence-electron chi connectivity index (χ0n) is 11.6. The van der Waals surface area contributed by atoms with Crippen molar-refractivity contribution in [2.45, 2.75) is 6.54 Å². The molecule has 2 aromatic carbocycles. The summed E-state index contributed by atoms with van der Waals surface area (Å²) in [6.07, 6.45) is 1.79. The molecule has 0 bridgehead atoms. The first kappa shape index (κ1) is 14.8. The highest BCUT2D eigenvalue weighted by atomic mass is 35.5. The minimum Gasteiger partial charge on any atom is -0.348 e. The fourth-order valence-electron chi connectivity index (χ4n) is 2.07. The molecule has 1 N–H and O–H groups in total. The second kappa shape index (κ2) is 6.73. The number of aromatic nitrogens is 1. The molecular formula is C17H13ClN2OS. The van der Waals surface area contributed by atoms with Crippen molar-refractivity contribution in [1.29, 1.82) is 0 Å². The van der Waals surface area contributed by atoms with Gasteiger partial charge in [-0.25, -0.2) is 4.98 Å². The summed E-state index contributed by atoms with van der Waals surface area (Å²) >= 11 is 7.42. The molecular weight excluding hydrogens is 316 g/mol. The second-order valence-electron chi connectivity index (χ2n) is 4.73. The molecule has 110 valence electrons. The van der Waals surface area contributed by atoms with Crippen molar-refractivity contribution < 1.29 is 4.79 Å². The lowest BCUT2D eigenvalue weighted by atomic mass is 10.1. The standard InChI is InChI=1S/C17H13ClN2OS/c18-15-6-4-13(5-7-15)16(21)20-11-12-2-1-3-14(10-12)17-19-8-9-22-17/h1-10H,11H2,(H,20,21). The van der Waals surface area contributed by atoms with Crippen LogP contribution in [-0.4, -0.2) is 10.9 Å². The fraction of sp³-hybridized carbons (Fsp3) is 0.0588. The van der Waals surface area contributed by atoms with Crippen LogP contribution in [0.25, 0.3) is 10.6 Å². The molecule has 1 heterocycles. The molecule has 5 heteroatoms. The van der Waals surface area contributed by atoms with Gasteiger partial charge >= 0.3 is 0 Å². The van der Waals surface area contributed by atoms with E-state index in [1.54, 1.807) is 41.8 Å². The maximum absolute atomic E-state index is 12.1. The Morgan fingerprint density at radius 3 is 2.73 bits per heavy atom. The molecule has 3 rings (SSSR count). The van der Waals surface area contributed by atoms with Crippen molar-refractivity contribution >= 4 is 28.8 Å². The molecule has 0 aliphatic carbocycles. The molecule has 0 fully saturated rings. The summed E-state index contributed by atoms with van der Waals surface area (Å²) in [6.45, 7) is 0.473. The number of nitrogens with one attached hydrogen (secondary N) is 1. The van der Waals surface area contributed by atoms with Gasteiger partial charge in [-0.05, 0) is 35.9 Å². The van der Waals surface area contributed by atoms with Crippen LogP contribution in [0.4, 0.5) is 0 Å². The summed E-state index contributed by atoms with van der Waals surface area (Å²) in [5.74, 6) is -0.115. The van der Waals surface area contributed by atoms with Gasteiger partial charge in [0.2, 0.25) is 0 Å². The van der Waals surface area contributed by atoms with Gasteiger partial charge in [-0.15, -0.1) is 11.3 Å². The summed E-state index contributed by atoms with van der Waals surface area (Å²) < 4.78 is 0. The molecule has 22 heavy (non-hydrogen) atoms. The van der Waals surface area contributed by atoms with Crippen molar-refractivity contribution in [3.63, 3.8) is 0 Å². The van der Waals surface area contributed by atoms with Crippen LogP contribution in [0.1, 0.15) is 15.9 Å². The zero-order chi connectivity index (χ0) is 15.4. The number of carbonyl (C=O) groups excluding carboxylic acids is 1. The maximum Gasteiger partial charge on any atom is 0.251 e. The van der Waals surface area contributed by atoms with Crippen LogP contribution in [0.3, 0.4) is 0 Å². The van der Waals surface area contributed by atoms with Crippen molar-refractivity contribution in [3.8, 4) is 10.6 Å². The molecule has 1 aromatic heterocycles. The van der Waals surface area contributed by atoms with Gasteiger partial charge in [0, 0.05) is 34.3 Å². The monoisotopic (exact) mass is 328 g/mol. The summed E-state index contributed by atoms with van der Waals surface area (Å²) in [5.41, 5.74) is 2.70. The number of rotatable bonds is 4. The van der Waals surface area contributed by atoms with Crippen molar-refractivity contribution in [2.24, 2.45) is 0 Å². The molecule has 1 amide bonds. The fourth-order valence-corrected chi connectivity index (χ4v) is 2.83. The predicted octanol–water partition coefficient (Wildman–Crippen LogP) is 4.39. The van der Waals surface area contributed by atoms with E-state index >= 15 is 0 Å². The van der Waals surface area contributed by atoms with Gasteiger partial charge in [0.25, 0.3) is 5.91 Å². The van der Waals surface area contributed by atoms with Crippen molar-refractivity contribution in [1.82, 2.24) is 10.3 Å². The minimum absolute atomic E-state index is 0.115. The molecule has 0 atom stereocenters. The topological polar surface area (TPSA) is 42.0 Å². The molecule has 0 aliphatic heterocycles. The van der Waals surface area contributed by atoms with Gasteiger partial charge in [0.15, 0.2) is 0 Å². The average Bonchev–Trinajstić information content (AvgIpc) is 3.08. The number of carbonyl (C=O) groups is 1. The third-order valence-electron chi connectivity index (χ3n) is 3.17. The van der Waals surface area contributed by atoms with Crippen molar-refractivity contribution in [3.05, 3.63) is 76.3 Å². The number of nitrogens with zero attached hydrogens (tertiary/aromatic N) is 1. The Bertz CT molecular complexity index is 770. The van der Waals surface area contributed by atoms with Crippen LogP contribution >= 0.6 is 22.9 Å². The number of hydrogen-bond acceptors (Lipinski definition) is 3. The molecule has 0 saturated carbocycles. The van der Waals surface area contributed by atoms with E-state index in [0.29, 0.717) is 17.1 Å². The number of hydrogen-bond donors (Lipinski definition) is 1. The van der Waals surface area contributed by atoms with Crippen LogP contribution in [0.2, 0.25) is 5.02 Å². The van der Waals surface area contributed by atoms with Gasteiger partial charge < -0.3 is 5.32 Å². The lowest BCUT2D eigenvalue weighted by Gasteiger charge is -2.07. The van der Waals surface area contributed by atoms with E-state index in [4.69, 9.17) is 11.6 Å². The molecule has 0 aliphatic rings. The predicted molar refractivity (Wildman–Crippen MR) is 90.2 cm³/mol. The third-order valence-corrected chi connectivity index (χ3v) is 4.24. The number of benzene rings is 2. The molecule has 3 aromatic rings. The largest absolute Gasteiger partial charge is 0.348 e. The van der Waals surface area contributed by atoms with Crippen LogP contribution in [0, 0.1) is 0 Å². The Hall–Kier alpha value is -2.17. The van der Waals surface area contributed by atoms with E-state index in [9.17, 15) is 4.79 Å². The first-order valence-electron chi connectivity index (χ1n) is 6.75. The van der Waals surface area contributed by atoms with Gasteiger partial charge in [-0.1, -0.05) is 29.8 Å². The number of amides is 1. The SMILES string of the molecule is O=C(NCc1cccc(-c2nccs2)c1)c1ccc(Cl)cc1. The first-order chi connectivity index (χ1) is 10.7. The van der Waals surface area contributed by atoms with Crippen molar-refractivity contribution in [2.75, 3.05) is 0 Å². The van der Waals surface area contributed by atoms with Crippen LogP contribution in [0.15, 0.2) is 60.1 Å². The van der Waals surface area contributed by atoms with Crippen LogP contribution in [0.5, 0.6) is 0 Å². The van der Waals surface area contributed by atoms with Gasteiger partial charge in [-0.3, -0.25) is 4.79 Å². The van der Waals surface area contributed by atoms with Crippen LogP contribution in [-0.2, 0) is 6.54 Å². The molecule has 0 saturated heterocycles. The summed E-state index contributed by atoms with van der Waals surface area (Å²) in [7, 11) is 0. The number of halogens is 1. The summed E-state index contributed by atoms with van der Waals surface area (Å²) in [6, 6.07) is 14.9. The first-order valence-corrected chi connectivity index (χ1v) is 8.01. The maximum atomic E-state index is 12.1. The Labute approximate surface area is 137 Å². The highest BCUT2D eigenvalue weighted by Crippen LogP contribution is 2.22. The highest BCUT2D eigenvalue weighted by molar-refractivity contribution is 7.13. The minimum atomic E-state index is -0.115. The van der Waals surface area contributed by atoms with E-state index in [1.165, 1.54) is 0 Å². The normalized spacial score (nSPS) is 10.4. The Morgan fingerprint density at radius 2 is 2.00 bits per heavy atom. The zero-order valence-corrected chi connectivity index (χ0v) is 13.2. The summed E-state index contributed by atoms with van der Waals surface area (Å²) in [4.78, 5) is 16.4. The van der Waals surface area contributed by atoms with Gasteiger partial charge in [0.05, 0.1) is 0 Å². The average molecular weight is 329 g/mol. The second-order valence-corrected chi connectivity index (χ2v) is 6.06. The Balaban J connectivity index is 1.67. The van der Waals surface area contributed by atoms with Gasteiger partial charge in [0.1, 0.15) is 5.01 Å². The van der Waals surface area contributed by atoms with E-state index in [0.717, 1.165) is 16.1 Å². The molecule has 0 unspecified atom stereocenters. The Morgan fingerprint density at radius 1 is 1.18 bits per heavy atom. The quantitative estimate of drug-likeness (QED) is 0.771. The molecule has 3 nitrogen and oxygen atoms in total. The number of thiazole rings is 1. The third kappa shape index (κ3) is 3.53. The van der Waals surface area contributed by atoms with E-state index in [1.807, 2.05) is 29.6 Å². The smallest absolute Gasteiger partial charge is 0.251 e. The Kier molecular flexibility index (Phi) is 4.51. The highest BCUT2D eigenvalue weighted by Gasteiger charge is 2.06. The molecule has 0 spiro atoms. The van der Waals surface area contributed by atoms with E-state index in [-0.39, 0.29) is 5.91 Å².